The highest BCUT2D eigenvalue weighted by atomic mass is 32.2. The maximum Gasteiger partial charge on any atom is 0.337 e. The number of carbonyl (C=O) groups is 1. The molecule has 0 amide bonds. The van der Waals surface area contributed by atoms with Crippen molar-refractivity contribution in [1.82, 2.24) is 4.98 Å². The number of carbonyl (C=O) groups excluding carboxylic acids is 1. The number of rotatable bonds is 6. The van der Waals surface area contributed by atoms with Gasteiger partial charge >= 0.3 is 5.97 Å². The van der Waals surface area contributed by atoms with Crippen LogP contribution in [0.2, 0.25) is 0 Å². The zero-order valence-electron chi connectivity index (χ0n) is 18.8. The molecule has 0 bridgehead atoms. The minimum Gasteiger partial charge on any atom is -0.495 e. The van der Waals surface area contributed by atoms with E-state index in [-0.39, 0.29) is 11.3 Å². The molecule has 1 aliphatic rings. The second-order valence-corrected chi connectivity index (χ2v) is 9.57. The van der Waals surface area contributed by atoms with Crippen LogP contribution in [-0.2, 0) is 16.0 Å². The third-order valence-electron chi connectivity index (χ3n) is 5.58. The number of anilines is 2. The number of thiazole rings is 1. The first-order valence-electron chi connectivity index (χ1n) is 10.8. The van der Waals surface area contributed by atoms with Gasteiger partial charge in [-0.05, 0) is 43.2 Å². The van der Waals surface area contributed by atoms with Crippen molar-refractivity contribution in [2.24, 2.45) is 5.92 Å². The van der Waals surface area contributed by atoms with Crippen LogP contribution in [0, 0.1) is 17.8 Å². The molecule has 0 radical (unpaired) electrons. The van der Waals surface area contributed by atoms with E-state index in [1.807, 2.05) is 24.3 Å². The van der Waals surface area contributed by atoms with Gasteiger partial charge in [0.15, 0.2) is 0 Å². The normalized spacial score (nSPS) is 14.2. The van der Waals surface area contributed by atoms with E-state index in [1.165, 1.54) is 79.9 Å². The largest absolute Gasteiger partial charge is 0.495 e. The summed E-state index contributed by atoms with van der Waals surface area (Å²) in [6.45, 7) is 0. The first kappa shape index (κ1) is 24.0. The SMILES string of the molecule is COC(=O)c1ccc(N(c2cnc(-c3ccc(C#CC4CCCC4)cc3)s2)S(=O)O)c(OC)c1. The molecule has 9 heteroatoms. The van der Waals surface area contributed by atoms with Crippen LogP contribution in [0.4, 0.5) is 10.7 Å². The molecule has 0 saturated heterocycles. The van der Waals surface area contributed by atoms with Gasteiger partial charge in [-0.15, -0.1) is 0 Å². The van der Waals surface area contributed by atoms with Crippen molar-refractivity contribution in [2.45, 2.75) is 25.7 Å². The van der Waals surface area contributed by atoms with Gasteiger partial charge in [0.05, 0.1) is 31.7 Å². The highest BCUT2D eigenvalue weighted by molar-refractivity contribution is 7.81. The molecule has 1 saturated carbocycles. The van der Waals surface area contributed by atoms with Gasteiger partial charge in [-0.25, -0.2) is 18.3 Å². The molecule has 1 heterocycles. The van der Waals surface area contributed by atoms with Crippen LogP contribution in [0.5, 0.6) is 5.75 Å². The fourth-order valence-electron chi connectivity index (χ4n) is 3.81. The number of esters is 1. The fraction of sp³-hybridized carbons (Fsp3) is 0.280. The summed E-state index contributed by atoms with van der Waals surface area (Å²) in [6.07, 6.45) is 6.44. The lowest BCUT2D eigenvalue weighted by atomic mass is 10.1. The Hall–Kier alpha value is -3.19. The van der Waals surface area contributed by atoms with Crippen molar-refractivity contribution in [3.05, 3.63) is 59.8 Å². The molecular formula is C25H24N2O5S2. The van der Waals surface area contributed by atoms with Crippen molar-refractivity contribution < 1.29 is 23.0 Å². The maximum absolute atomic E-state index is 12.3. The van der Waals surface area contributed by atoms with E-state index < -0.39 is 17.2 Å². The predicted molar refractivity (Wildman–Crippen MR) is 134 cm³/mol. The molecule has 7 nitrogen and oxygen atoms in total. The fourth-order valence-corrected chi connectivity index (χ4v) is 5.48. The lowest BCUT2D eigenvalue weighted by Crippen LogP contribution is -2.19. The van der Waals surface area contributed by atoms with Gasteiger partial charge in [-0.1, -0.05) is 48.2 Å². The number of methoxy groups -OCH3 is 2. The Morgan fingerprint density at radius 1 is 1.18 bits per heavy atom. The van der Waals surface area contributed by atoms with E-state index in [9.17, 15) is 13.6 Å². The lowest BCUT2D eigenvalue weighted by Gasteiger charge is -2.20. The van der Waals surface area contributed by atoms with Crippen molar-refractivity contribution in [1.29, 1.82) is 0 Å². The second-order valence-electron chi connectivity index (χ2n) is 7.74. The number of benzene rings is 2. The van der Waals surface area contributed by atoms with Crippen LogP contribution < -0.4 is 9.04 Å². The van der Waals surface area contributed by atoms with Gasteiger partial charge in [-0.3, -0.25) is 4.55 Å². The zero-order chi connectivity index (χ0) is 24.1. The Morgan fingerprint density at radius 2 is 1.91 bits per heavy atom. The number of ether oxygens (including phenoxy) is 2. The molecule has 0 aliphatic heterocycles. The maximum atomic E-state index is 12.3. The molecule has 1 fully saturated rings. The van der Waals surface area contributed by atoms with Crippen LogP contribution in [-0.4, -0.2) is 33.9 Å². The number of hydrogen-bond donors (Lipinski definition) is 1. The molecule has 4 rings (SSSR count). The van der Waals surface area contributed by atoms with E-state index in [1.54, 1.807) is 0 Å². The van der Waals surface area contributed by atoms with Crippen molar-refractivity contribution in [3.8, 4) is 28.2 Å². The molecular weight excluding hydrogens is 472 g/mol. The van der Waals surface area contributed by atoms with Crippen LogP contribution in [0.25, 0.3) is 10.6 Å². The Labute approximate surface area is 205 Å². The summed E-state index contributed by atoms with van der Waals surface area (Å²) >= 11 is -1.13. The second kappa shape index (κ2) is 10.8. The molecule has 2 aromatic carbocycles. The Kier molecular flexibility index (Phi) is 7.63. The number of hydrogen-bond acceptors (Lipinski definition) is 6. The average Bonchev–Trinajstić information content (AvgIpc) is 3.55. The smallest absolute Gasteiger partial charge is 0.337 e. The molecule has 0 spiro atoms. The molecule has 34 heavy (non-hydrogen) atoms. The molecule has 1 unspecified atom stereocenters. The Bertz CT molecular complexity index is 1250. The van der Waals surface area contributed by atoms with Gasteiger partial charge in [0.1, 0.15) is 15.8 Å². The third-order valence-corrected chi connectivity index (χ3v) is 7.43. The molecule has 1 aliphatic carbocycles. The predicted octanol–water partition coefficient (Wildman–Crippen LogP) is 5.42. The van der Waals surface area contributed by atoms with Crippen LogP contribution in [0.15, 0.2) is 48.7 Å². The summed E-state index contributed by atoms with van der Waals surface area (Å²) in [5.41, 5.74) is 2.44. The third kappa shape index (κ3) is 5.30. The van der Waals surface area contributed by atoms with Gasteiger partial charge in [-0.2, -0.15) is 0 Å². The molecule has 1 aromatic heterocycles. The summed E-state index contributed by atoms with van der Waals surface area (Å²) in [6, 6.07) is 12.4. The van der Waals surface area contributed by atoms with E-state index in [0.717, 1.165) is 11.1 Å². The highest BCUT2D eigenvalue weighted by Crippen LogP contribution is 2.40. The van der Waals surface area contributed by atoms with Gasteiger partial charge in [0.25, 0.3) is 11.3 Å². The minimum atomic E-state index is -2.40. The summed E-state index contributed by atoms with van der Waals surface area (Å²) in [5, 5.41) is 1.15. The van der Waals surface area contributed by atoms with Gasteiger partial charge < -0.3 is 9.47 Å². The van der Waals surface area contributed by atoms with E-state index >= 15 is 0 Å². The summed E-state index contributed by atoms with van der Waals surface area (Å²) in [4.78, 5) is 16.3. The molecule has 1 atom stereocenters. The van der Waals surface area contributed by atoms with Crippen LogP contribution in [0.1, 0.15) is 41.6 Å². The topological polar surface area (TPSA) is 89.0 Å². The Morgan fingerprint density at radius 3 is 2.56 bits per heavy atom. The van der Waals surface area contributed by atoms with Gasteiger partial charge in [0, 0.05) is 17.0 Å². The highest BCUT2D eigenvalue weighted by Gasteiger charge is 2.23. The average molecular weight is 497 g/mol. The molecule has 176 valence electrons. The van der Waals surface area contributed by atoms with Crippen LogP contribution in [0.3, 0.4) is 0 Å². The number of aromatic nitrogens is 1. The van der Waals surface area contributed by atoms with Crippen molar-refractivity contribution >= 4 is 39.3 Å². The van der Waals surface area contributed by atoms with E-state index in [4.69, 9.17) is 9.47 Å². The van der Waals surface area contributed by atoms with E-state index in [2.05, 4.69) is 16.8 Å². The monoisotopic (exact) mass is 496 g/mol. The summed E-state index contributed by atoms with van der Waals surface area (Å²) in [7, 11) is 2.71. The molecule has 1 N–H and O–H groups in total. The summed E-state index contributed by atoms with van der Waals surface area (Å²) in [5.74, 6) is 6.85. The Balaban J connectivity index is 1.59. The summed E-state index contributed by atoms with van der Waals surface area (Å²) < 4.78 is 33.6. The first-order valence-corrected chi connectivity index (χ1v) is 12.6. The van der Waals surface area contributed by atoms with Crippen molar-refractivity contribution in [2.75, 3.05) is 18.5 Å². The number of nitrogens with zero attached hydrogens (tertiary/aromatic N) is 2. The van der Waals surface area contributed by atoms with Crippen molar-refractivity contribution in [3.63, 3.8) is 0 Å². The zero-order valence-corrected chi connectivity index (χ0v) is 20.4. The standard InChI is InChI=1S/C25H24N2O5S2/c1-31-22-15-20(25(28)32-2)13-14-21(22)27(34(29)30)23-16-26-24(33-23)19-11-9-18(10-12-19)8-7-17-5-3-4-6-17/h9-17H,3-6H2,1-2H3,(H,29,30). The minimum absolute atomic E-state index is 0.255. The molecule has 3 aromatic rings. The van der Waals surface area contributed by atoms with E-state index in [0.29, 0.717) is 21.6 Å². The first-order chi connectivity index (χ1) is 16.5. The van der Waals surface area contributed by atoms with Gasteiger partial charge in [0.2, 0.25) is 0 Å². The lowest BCUT2D eigenvalue weighted by molar-refractivity contribution is 0.0600. The quantitative estimate of drug-likeness (QED) is 0.278. The van der Waals surface area contributed by atoms with Crippen LogP contribution >= 0.6 is 11.3 Å².